The van der Waals surface area contributed by atoms with Crippen LogP contribution in [0.4, 0.5) is 0 Å². The minimum atomic E-state index is -0.225. The molecular weight excluding hydrogens is 225 g/mol. The highest BCUT2D eigenvalue weighted by Crippen LogP contribution is 2.36. The van der Waals surface area contributed by atoms with E-state index in [-0.39, 0.29) is 18.3 Å². The van der Waals surface area contributed by atoms with E-state index in [9.17, 15) is 0 Å². The van der Waals surface area contributed by atoms with Crippen LogP contribution >= 0.6 is 0 Å². The van der Waals surface area contributed by atoms with Crippen LogP contribution < -0.4 is 5.32 Å². The van der Waals surface area contributed by atoms with Crippen molar-refractivity contribution < 1.29 is 9.31 Å². The van der Waals surface area contributed by atoms with Gasteiger partial charge in [0.15, 0.2) is 0 Å². The second-order valence-corrected chi connectivity index (χ2v) is 6.48. The summed E-state index contributed by atoms with van der Waals surface area (Å²) in [5.74, 6) is 2.91. The van der Waals surface area contributed by atoms with Crippen LogP contribution in [0.2, 0.25) is 0 Å². The van der Waals surface area contributed by atoms with Crippen LogP contribution in [0.1, 0.15) is 47.0 Å². The maximum Gasteiger partial charge on any atom is 0.486 e. The molecule has 0 bridgehead atoms. The minimum Gasteiger partial charge on any atom is -0.400 e. The molecule has 2 heterocycles. The monoisotopic (exact) mass is 251 g/mol. The molecule has 0 aromatic heterocycles. The Morgan fingerprint density at radius 1 is 1.11 bits per heavy atom. The molecule has 0 radical (unpaired) electrons. The van der Waals surface area contributed by atoms with Gasteiger partial charge < -0.3 is 14.6 Å². The lowest BCUT2D eigenvalue weighted by Gasteiger charge is -2.32. The maximum absolute atomic E-state index is 5.93. The van der Waals surface area contributed by atoms with Crippen LogP contribution in [0.3, 0.4) is 0 Å². The zero-order valence-corrected chi connectivity index (χ0v) is 12.2. The molecule has 0 atom stereocenters. The molecule has 3 nitrogen and oxygen atoms in total. The third kappa shape index (κ3) is 3.17. The second kappa shape index (κ2) is 5.36. The van der Waals surface area contributed by atoms with E-state index in [0.29, 0.717) is 0 Å². The standard InChI is InChI=1S/C14H26BNO2/c1-13(2)14(3,4)18-15(17-13)9-5-6-12-7-10-16-11-8-12/h5,9,12,16H,6-8,10-11H2,1-4H3/b9-5+. The molecule has 2 aliphatic heterocycles. The Morgan fingerprint density at radius 3 is 2.22 bits per heavy atom. The Hall–Kier alpha value is -0.315. The SMILES string of the molecule is CC1(C)OB(/C=C/CC2CCNCC2)OC1(C)C. The molecule has 0 saturated carbocycles. The summed E-state index contributed by atoms with van der Waals surface area (Å²) in [6.45, 7) is 10.7. The van der Waals surface area contributed by atoms with E-state index in [4.69, 9.17) is 9.31 Å². The number of hydrogen-bond donors (Lipinski definition) is 1. The van der Waals surface area contributed by atoms with Crippen LogP contribution in [0.25, 0.3) is 0 Å². The van der Waals surface area contributed by atoms with Crippen LogP contribution in [0.5, 0.6) is 0 Å². The smallest absolute Gasteiger partial charge is 0.400 e. The summed E-state index contributed by atoms with van der Waals surface area (Å²) in [6, 6.07) is 0. The fourth-order valence-electron chi connectivity index (χ4n) is 2.47. The number of rotatable bonds is 3. The summed E-state index contributed by atoms with van der Waals surface area (Å²) in [5.41, 5.74) is -0.451. The molecule has 102 valence electrons. The maximum atomic E-state index is 5.93. The Bertz CT molecular complexity index is 293. The summed E-state index contributed by atoms with van der Waals surface area (Å²) >= 11 is 0. The molecular formula is C14H26BNO2. The molecule has 4 heteroatoms. The van der Waals surface area contributed by atoms with Gasteiger partial charge in [-0.3, -0.25) is 0 Å². The van der Waals surface area contributed by atoms with Crippen molar-refractivity contribution in [1.82, 2.24) is 5.32 Å². The quantitative estimate of drug-likeness (QED) is 0.782. The molecule has 18 heavy (non-hydrogen) atoms. The Morgan fingerprint density at radius 2 is 1.67 bits per heavy atom. The average Bonchev–Trinajstić information content (AvgIpc) is 2.49. The molecule has 0 aromatic rings. The van der Waals surface area contributed by atoms with Crippen LogP contribution in [0, 0.1) is 5.92 Å². The predicted molar refractivity (Wildman–Crippen MR) is 75.4 cm³/mol. The van der Waals surface area contributed by atoms with E-state index in [0.717, 1.165) is 25.4 Å². The lowest BCUT2D eigenvalue weighted by molar-refractivity contribution is 0.00578. The Kier molecular flexibility index (Phi) is 4.20. The molecule has 0 unspecified atom stereocenters. The average molecular weight is 251 g/mol. The number of allylic oxidation sites excluding steroid dienone is 1. The van der Waals surface area contributed by atoms with Gasteiger partial charge in [0.05, 0.1) is 11.2 Å². The predicted octanol–water partition coefficient (Wildman–Crippen LogP) is 2.56. The molecule has 0 amide bonds. The molecule has 0 aliphatic carbocycles. The number of hydrogen-bond acceptors (Lipinski definition) is 3. The van der Waals surface area contributed by atoms with Gasteiger partial charge in [-0.15, -0.1) is 0 Å². The van der Waals surface area contributed by atoms with E-state index in [1.54, 1.807) is 0 Å². The van der Waals surface area contributed by atoms with Gasteiger partial charge in [-0.2, -0.15) is 0 Å². The van der Waals surface area contributed by atoms with Gasteiger partial charge in [0.2, 0.25) is 0 Å². The van der Waals surface area contributed by atoms with Crippen LogP contribution in [-0.4, -0.2) is 31.4 Å². The van der Waals surface area contributed by atoms with E-state index in [1.807, 2.05) is 0 Å². The van der Waals surface area contributed by atoms with E-state index in [2.05, 4.69) is 45.1 Å². The zero-order valence-electron chi connectivity index (χ0n) is 12.2. The molecule has 2 rings (SSSR count). The zero-order chi connectivity index (χ0) is 13.2. The first-order valence-corrected chi connectivity index (χ1v) is 7.14. The molecule has 1 N–H and O–H groups in total. The van der Waals surface area contributed by atoms with Gasteiger partial charge in [-0.25, -0.2) is 0 Å². The van der Waals surface area contributed by atoms with Crippen molar-refractivity contribution in [3.05, 3.63) is 12.1 Å². The number of nitrogens with one attached hydrogen (secondary N) is 1. The Balaban J connectivity index is 1.80. The summed E-state index contributed by atoms with van der Waals surface area (Å²) < 4.78 is 11.9. The van der Waals surface area contributed by atoms with Crippen molar-refractivity contribution in [2.24, 2.45) is 5.92 Å². The fraction of sp³-hybridized carbons (Fsp3) is 0.857. The summed E-state index contributed by atoms with van der Waals surface area (Å²) in [6.07, 6.45) is 5.95. The molecule has 2 saturated heterocycles. The molecule has 0 spiro atoms. The van der Waals surface area contributed by atoms with E-state index < -0.39 is 0 Å². The molecule has 0 aromatic carbocycles. The number of piperidine rings is 1. The van der Waals surface area contributed by atoms with Crippen molar-refractivity contribution in [1.29, 1.82) is 0 Å². The second-order valence-electron chi connectivity index (χ2n) is 6.48. The van der Waals surface area contributed by atoms with Gasteiger partial charge in [-0.05, 0) is 66.0 Å². The van der Waals surface area contributed by atoms with Crippen LogP contribution in [-0.2, 0) is 9.31 Å². The lowest BCUT2D eigenvalue weighted by Crippen LogP contribution is -2.41. The van der Waals surface area contributed by atoms with Gasteiger partial charge in [0.1, 0.15) is 0 Å². The highest BCUT2D eigenvalue weighted by atomic mass is 16.7. The lowest BCUT2D eigenvalue weighted by atomic mass is 9.87. The van der Waals surface area contributed by atoms with E-state index >= 15 is 0 Å². The largest absolute Gasteiger partial charge is 0.486 e. The van der Waals surface area contributed by atoms with Crippen LogP contribution in [0.15, 0.2) is 12.1 Å². The summed E-state index contributed by atoms with van der Waals surface area (Å²) in [5, 5.41) is 3.39. The van der Waals surface area contributed by atoms with Crippen molar-refractivity contribution >= 4 is 7.12 Å². The highest BCUT2D eigenvalue weighted by molar-refractivity contribution is 6.51. The Labute approximate surface area is 111 Å². The molecule has 2 aliphatic rings. The van der Waals surface area contributed by atoms with Gasteiger partial charge >= 0.3 is 7.12 Å². The highest BCUT2D eigenvalue weighted by Gasteiger charge is 2.49. The normalized spacial score (nSPS) is 28.1. The summed E-state index contributed by atoms with van der Waals surface area (Å²) in [4.78, 5) is 0. The van der Waals surface area contributed by atoms with Crippen molar-refractivity contribution in [3.63, 3.8) is 0 Å². The third-order valence-electron chi connectivity index (χ3n) is 4.49. The van der Waals surface area contributed by atoms with Gasteiger partial charge in [-0.1, -0.05) is 12.1 Å². The van der Waals surface area contributed by atoms with Gasteiger partial charge in [0, 0.05) is 0 Å². The fourth-order valence-corrected chi connectivity index (χ4v) is 2.47. The first kappa shape index (κ1) is 14.1. The van der Waals surface area contributed by atoms with E-state index in [1.165, 1.54) is 12.8 Å². The summed E-state index contributed by atoms with van der Waals surface area (Å²) in [7, 11) is -0.184. The van der Waals surface area contributed by atoms with Crippen molar-refractivity contribution in [3.8, 4) is 0 Å². The first-order valence-electron chi connectivity index (χ1n) is 7.14. The third-order valence-corrected chi connectivity index (χ3v) is 4.49. The topological polar surface area (TPSA) is 30.5 Å². The molecule has 2 fully saturated rings. The van der Waals surface area contributed by atoms with Crippen molar-refractivity contribution in [2.45, 2.75) is 58.2 Å². The first-order chi connectivity index (χ1) is 8.41. The van der Waals surface area contributed by atoms with Gasteiger partial charge in [0.25, 0.3) is 0 Å². The minimum absolute atomic E-state index is 0.184. The van der Waals surface area contributed by atoms with Crippen molar-refractivity contribution in [2.75, 3.05) is 13.1 Å².